The number of benzene rings is 1. The second kappa shape index (κ2) is 6.64. The van der Waals surface area contributed by atoms with Gasteiger partial charge in [-0.2, -0.15) is 11.8 Å². The Hall–Kier alpha value is -0.710. The summed E-state index contributed by atoms with van der Waals surface area (Å²) in [6, 6.07) is 3.28. The van der Waals surface area contributed by atoms with Crippen LogP contribution >= 0.6 is 23.4 Å². The molecule has 1 saturated heterocycles. The normalized spacial score (nSPS) is 17.2. The Morgan fingerprint density at radius 1 is 1.42 bits per heavy atom. The lowest BCUT2D eigenvalue weighted by atomic mass is 10.1. The van der Waals surface area contributed by atoms with E-state index in [1.165, 1.54) is 18.7 Å². The van der Waals surface area contributed by atoms with Crippen LogP contribution in [0.1, 0.15) is 29.3 Å². The minimum atomic E-state index is -0.160. The maximum absolute atomic E-state index is 11.5. The number of hydrogen-bond acceptors (Lipinski definition) is 4. The largest absolute Gasteiger partial charge is 0.507 e. The van der Waals surface area contributed by atoms with E-state index in [1.807, 2.05) is 11.8 Å². The zero-order chi connectivity index (χ0) is 13.8. The molecule has 0 unspecified atom stereocenters. The number of carbonyl (C=O) groups excluding carboxylic acids is 1. The molecular formula is C14H18ClNO2S. The fraction of sp³-hybridized carbons (Fsp3) is 0.500. The van der Waals surface area contributed by atoms with Crippen LogP contribution in [0.4, 0.5) is 0 Å². The van der Waals surface area contributed by atoms with Gasteiger partial charge in [-0.3, -0.25) is 9.69 Å². The Kier molecular flexibility index (Phi) is 5.13. The molecule has 0 aliphatic carbocycles. The molecule has 2 rings (SSSR count). The molecule has 1 aliphatic rings. The second-order valence-electron chi connectivity index (χ2n) is 4.76. The van der Waals surface area contributed by atoms with Crippen molar-refractivity contribution in [3.05, 3.63) is 28.3 Å². The molecule has 1 aromatic rings. The van der Waals surface area contributed by atoms with Crippen molar-refractivity contribution in [2.24, 2.45) is 0 Å². The summed E-state index contributed by atoms with van der Waals surface area (Å²) in [4.78, 5) is 13.8. The van der Waals surface area contributed by atoms with Crippen molar-refractivity contribution < 1.29 is 9.90 Å². The summed E-state index contributed by atoms with van der Waals surface area (Å²) in [5.41, 5.74) is 1.05. The average molecular weight is 300 g/mol. The number of carbonyl (C=O) groups is 1. The van der Waals surface area contributed by atoms with Gasteiger partial charge in [-0.1, -0.05) is 11.6 Å². The zero-order valence-corrected chi connectivity index (χ0v) is 12.6. The van der Waals surface area contributed by atoms with Gasteiger partial charge in [-0.05, 0) is 37.8 Å². The van der Waals surface area contributed by atoms with E-state index in [4.69, 9.17) is 11.6 Å². The standard InChI is InChI=1S/C14H18ClNO2S/c1-10(17)13-8-12(15)7-11(14(13)18)9-16-3-2-5-19-6-4-16/h7-8,18H,2-6,9H2,1H3. The molecule has 19 heavy (non-hydrogen) atoms. The Labute approximate surface area is 122 Å². The van der Waals surface area contributed by atoms with Gasteiger partial charge in [-0.15, -0.1) is 0 Å². The summed E-state index contributed by atoms with van der Waals surface area (Å²) < 4.78 is 0. The predicted molar refractivity (Wildman–Crippen MR) is 80.3 cm³/mol. The van der Waals surface area contributed by atoms with Crippen molar-refractivity contribution in [3.8, 4) is 5.75 Å². The van der Waals surface area contributed by atoms with Crippen LogP contribution in [-0.4, -0.2) is 40.4 Å². The number of ketones is 1. The first-order valence-corrected chi connectivity index (χ1v) is 7.93. The number of phenolic OH excluding ortho intramolecular Hbond substituents is 1. The number of phenols is 1. The van der Waals surface area contributed by atoms with Crippen molar-refractivity contribution in [1.82, 2.24) is 4.90 Å². The Morgan fingerprint density at radius 2 is 2.21 bits per heavy atom. The first-order valence-electron chi connectivity index (χ1n) is 6.40. The van der Waals surface area contributed by atoms with Gasteiger partial charge in [-0.25, -0.2) is 0 Å². The molecule has 104 valence electrons. The summed E-state index contributed by atoms with van der Waals surface area (Å²) in [5, 5.41) is 10.7. The van der Waals surface area contributed by atoms with E-state index in [1.54, 1.807) is 6.07 Å². The number of rotatable bonds is 3. The molecule has 5 heteroatoms. The van der Waals surface area contributed by atoms with Crippen LogP contribution < -0.4 is 0 Å². The third kappa shape index (κ3) is 3.88. The molecule has 0 saturated carbocycles. The van der Waals surface area contributed by atoms with Gasteiger partial charge in [0.05, 0.1) is 5.56 Å². The highest BCUT2D eigenvalue weighted by Gasteiger charge is 2.16. The fourth-order valence-corrected chi connectivity index (χ4v) is 3.41. The lowest BCUT2D eigenvalue weighted by Crippen LogP contribution is -2.25. The molecule has 0 atom stereocenters. The van der Waals surface area contributed by atoms with E-state index >= 15 is 0 Å². The van der Waals surface area contributed by atoms with Gasteiger partial charge in [0.15, 0.2) is 5.78 Å². The Bertz CT molecular complexity index is 471. The molecule has 3 nitrogen and oxygen atoms in total. The topological polar surface area (TPSA) is 40.5 Å². The number of Topliss-reactive ketones (excluding diaryl/α,β-unsaturated/α-hetero) is 1. The van der Waals surface area contributed by atoms with E-state index in [0.29, 0.717) is 17.1 Å². The van der Waals surface area contributed by atoms with Gasteiger partial charge in [0.1, 0.15) is 5.75 Å². The zero-order valence-electron chi connectivity index (χ0n) is 11.0. The summed E-state index contributed by atoms with van der Waals surface area (Å²) in [6.07, 6.45) is 1.16. The van der Waals surface area contributed by atoms with Crippen molar-refractivity contribution >= 4 is 29.1 Å². The number of aromatic hydroxyl groups is 1. The number of nitrogens with zero attached hydrogens (tertiary/aromatic N) is 1. The maximum Gasteiger partial charge on any atom is 0.163 e. The van der Waals surface area contributed by atoms with Gasteiger partial charge in [0, 0.05) is 29.4 Å². The van der Waals surface area contributed by atoms with Crippen LogP contribution in [0.2, 0.25) is 5.02 Å². The molecule has 0 bridgehead atoms. The molecule has 0 amide bonds. The molecule has 1 aliphatic heterocycles. The first-order chi connectivity index (χ1) is 9.08. The first kappa shape index (κ1) is 14.7. The minimum Gasteiger partial charge on any atom is -0.507 e. The Morgan fingerprint density at radius 3 is 2.95 bits per heavy atom. The van der Waals surface area contributed by atoms with E-state index in [0.717, 1.165) is 30.8 Å². The van der Waals surface area contributed by atoms with Crippen molar-refractivity contribution in [2.45, 2.75) is 19.9 Å². The van der Waals surface area contributed by atoms with Crippen LogP contribution in [0.3, 0.4) is 0 Å². The van der Waals surface area contributed by atoms with E-state index in [9.17, 15) is 9.90 Å². The molecule has 1 heterocycles. The van der Waals surface area contributed by atoms with Gasteiger partial charge in [0.25, 0.3) is 0 Å². The summed E-state index contributed by atoms with van der Waals surface area (Å²) in [6.45, 7) is 4.12. The highest BCUT2D eigenvalue weighted by molar-refractivity contribution is 7.99. The van der Waals surface area contributed by atoms with Crippen molar-refractivity contribution in [2.75, 3.05) is 24.6 Å². The lowest BCUT2D eigenvalue weighted by Gasteiger charge is -2.20. The number of halogens is 1. The van der Waals surface area contributed by atoms with Crippen LogP contribution in [0.25, 0.3) is 0 Å². The third-order valence-electron chi connectivity index (χ3n) is 3.24. The van der Waals surface area contributed by atoms with Gasteiger partial charge in [0.2, 0.25) is 0 Å². The van der Waals surface area contributed by atoms with Crippen molar-refractivity contribution in [1.29, 1.82) is 0 Å². The summed E-state index contributed by atoms with van der Waals surface area (Å²) in [5.74, 6) is 2.22. The Balaban J connectivity index is 2.21. The van der Waals surface area contributed by atoms with Crippen LogP contribution in [0.15, 0.2) is 12.1 Å². The molecule has 1 aromatic carbocycles. The fourth-order valence-electron chi connectivity index (χ4n) is 2.24. The molecule has 0 radical (unpaired) electrons. The maximum atomic E-state index is 11.5. The van der Waals surface area contributed by atoms with Crippen molar-refractivity contribution in [3.63, 3.8) is 0 Å². The van der Waals surface area contributed by atoms with Crippen LogP contribution in [0, 0.1) is 0 Å². The monoisotopic (exact) mass is 299 g/mol. The number of thioether (sulfide) groups is 1. The number of hydrogen-bond donors (Lipinski definition) is 1. The quantitative estimate of drug-likeness (QED) is 0.870. The summed E-state index contributed by atoms with van der Waals surface area (Å²) >= 11 is 7.99. The second-order valence-corrected chi connectivity index (χ2v) is 6.42. The lowest BCUT2D eigenvalue weighted by molar-refractivity contribution is 0.101. The predicted octanol–water partition coefficient (Wildman–Crippen LogP) is 3.19. The summed E-state index contributed by atoms with van der Waals surface area (Å²) in [7, 11) is 0. The highest BCUT2D eigenvalue weighted by Crippen LogP contribution is 2.29. The van der Waals surface area contributed by atoms with Crippen LogP contribution in [-0.2, 0) is 6.54 Å². The van der Waals surface area contributed by atoms with E-state index < -0.39 is 0 Å². The van der Waals surface area contributed by atoms with Gasteiger partial charge >= 0.3 is 0 Å². The van der Waals surface area contributed by atoms with Gasteiger partial charge < -0.3 is 5.11 Å². The SMILES string of the molecule is CC(=O)c1cc(Cl)cc(CN2CCCSCC2)c1O. The van der Waals surface area contributed by atoms with E-state index in [2.05, 4.69) is 4.90 Å². The highest BCUT2D eigenvalue weighted by atomic mass is 35.5. The van der Waals surface area contributed by atoms with E-state index in [-0.39, 0.29) is 11.5 Å². The molecule has 1 fully saturated rings. The average Bonchev–Trinajstić information content (AvgIpc) is 2.61. The molecule has 0 spiro atoms. The molecule has 1 N–H and O–H groups in total. The minimum absolute atomic E-state index is 0.0776. The third-order valence-corrected chi connectivity index (χ3v) is 4.51. The molecular weight excluding hydrogens is 282 g/mol. The van der Waals surface area contributed by atoms with Crippen LogP contribution in [0.5, 0.6) is 5.75 Å². The smallest absolute Gasteiger partial charge is 0.163 e. The molecule has 0 aromatic heterocycles.